The highest BCUT2D eigenvalue weighted by Crippen LogP contribution is 2.34. The molecule has 0 bridgehead atoms. The van der Waals surface area contributed by atoms with Crippen LogP contribution in [0.3, 0.4) is 0 Å². The number of hydrogen-bond donors (Lipinski definition) is 3. The zero-order chi connectivity index (χ0) is 14.0. The first-order chi connectivity index (χ1) is 8.97. The topological polar surface area (TPSA) is 82.2 Å². The second-order valence-corrected chi connectivity index (χ2v) is 7.07. The second-order valence-electron chi connectivity index (χ2n) is 5.35. The Morgan fingerprint density at radius 1 is 1.47 bits per heavy atom. The quantitative estimate of drug-likeness (QED) is 0.769. The summed E-state index contributed by atoms with van der Waals surface area (Å²) in [6, 6.07) is 1.49. The molecule has 108 valence electrons. The molecule has 0 aromatic carbocycles. The van der Waals surface area contributed by atoms with E-state index in [1.54, 1.807) is 0 Å². The lowest BCUT2D eigenvalue weighted by Gasteiger charge is -2.20. The number of aromatic amines is 1. The van der Waals surface area contributed by atoms with Crippen LogP contribution in [-0.2, 0) is 16.6 Å². The summed E-state index contributed by atoms with van der Waals surface area (Å²) < 4.78 is 27.3. The lowest BCUT2D eigenvalue weighted by Crippen LogP contribution is -2.37. The molecule has 1 saturated carbocycles. The molecule has 6 heteroatoms. The van der Waals surface area contributed by atoms with E-state index in [9.17, 15) is 8.42 Å². The van der Waals surface area contributed by atoms with Gasteiger partial charge in [-0.05, 0) is 30.7 Å². The molecule has 1 heterocycles. The van der Waals surface area contributed by atoms with Gasteiger partial charge in [-0.25, -0.2) is 13.1 Å². The number of rotatable bonds is 5. The first kappa shape index (κ1) is 14.6. The predicted octanol–water partition coefficient (Wildman–Crippen LogP) is 1.61. The van der Waals surface area contributed by atoms with E-state index in [2.05, 4.69) is 23.6 Å². The number of aromatic nitrogens is 1. The van der Waals surface area contributed by atoms with Crippen molar-refractivity contribution in [3.05, 3.63) is 18.0 Å². The van der Waals surface area contributed by atoms with Crippen molar-refractivity contribution in [3.8, 4) is 0 Å². The van der Waals surface area contributed by atoms with Gasteiger partial charge in [-0.2, -0.15) is 0 Å². The van der Waals surface area contributed by atoms with Crippen LogP contribution >= 0.6 is 0 Å². The van der Waals surface area contributed by atoms with Crippen LogP contribution < -0.4 is 4.72 Å². The van der Waals surface area contributed by atoms with E-state index < -0.39 is 10.0 Å². The maximum absolute atomic E-state index is 12.2. The van der Waals surface area contributed by atoms with Crippen molar-refractivity contribution in [1.82, 2.24) is 9.71 Å². The van der Waals surface area contributed by atoms with Gasteiger partial charge in [0.1, 0.15) is 0 Å². The maximum atomic E-state index is 12.2. The minimum absolute atomic E-state index is 0.0161. The third kappa shape index (κ3) is 3.01. The molecule has 2 rings (SSSR count). The van der Waals surface area contributed by atoms with Gasteiger partial charge in [0.2, 0.25) is 10.0 Å². The smallest absolute Gasteiger partial charge is 0.242 e. The summed E-state index contributed by atoms with van der Waals surface area (Å²) in [6.45, 7) is 4.08. The Labute approximate surface area is 114 Å². The minimum Gasteiger partial charge on any atom is -0.390 e. The second kappa shape index (κ2) is 5.64. The fourth-order valence-corrected chi connectivity index (χ4v) is 4.30. The van der Waals surface area contributed by atoms with E-state index in [0.29, 0.717) is 17.5 Å². The van der Waals surface area contributed by atoms with E-state index >= 15 is 0 Å². The van der Waals surface area contributed by atoms with E-state index in [1.165, 1.54) is 12.3 Å². The SMILES string of the molecule is CCC1CCC(NS(=O)(=O)c2c[nH]c(CO)c2)C1C. The van der Waals surface area contributed by atoms with Crippen molar-refractivity contribution < 1.29 is 13.5 Å². The lowest BCUT2D eigenvalue weighted by molar-refractivity contribution is 0.277. The fourth-order valence-electron chi connectivity index (χ4n) is 2.92. The van der Waals surface area contributed by atoms with Crippen molar-refractivity contribution >= 4 is 10.0 Å². The highest BCUT2D eigenvalue weighted by atomic mass is 32.2. The molecule has 5 nitrogen and oxygen atoms in total. The summed E-state index contributed by atoms with van der Waals surface area (Å²) in [5, 5.41) is 8.96. The number of sulfonamides is 1. The van der Waals surface area contributed by atoms with Gasteiger partial charge < -0.3 is 10.1 Å². The van der Waals surface area contributed by atoms with Gasteiger partial charge in [-0.15, -0.1) is 0 Å². The number of hydrogen-bond acceptors (Lipinski definition) is 3. The molecule has 0 radical (unpaired) electrons. The van der Waals surface area contributed by atoms with Gasteiger partial charge in [0.25, 0.3) is 0 Å². The Morgan fingerprint density at radius 2 is 2.21 bits per heavy atom. The van der Waals surface area contributed by atoms with Crippen LogP contribution in [0.25, 0.3) is 0 Å². The molecule has 1 aliphatic carbocycles. The van der Waals surface area contributed by atoms with Crippen LogP contribution in [0, 0.1) is 11.8 Å². The highest BCUT2D eigenvalue weighted by molar-refractivity contribution is 7.89. The van der Waals surface area contributed by atoms with E-state index in [-0.39, 0.29) is 17.5 Å². The third-order valence-corrected chi connectivity index (χ3v) is 5.72. The molecular weight excluding hydrogens is 264 g/mol. The predicted molar refractivity (Wildman–Crippen MR) is 73.0 cm³/mol. The number of aliphatic hydroxyl groups is 1. The van der Waals surface area contributed by atoms with E-state index in [4.69, 9.17) is 5.11 Å². The first-order valence-corrected chi connectivity index (χ1v) is 8.26. The summed E-state index contributed by atoms with van der Waals surface area (Å²) in [5.74, 6) is 0.975. The zero-order valence-electron chi connectivity index (χ0n) is 11.4. The molecule has 3 unspecified atom stereocenters. The highest BCUT2D eigenvalue weighted by Gasteiger charge is 2.34. The van der Waals surface area contributed by atoms with Gasteiger partial charge in [0.05, 0.1) is 11.5 Å². The van der Waals surface area contributed by atoms with Crippen LogP contribution in [0.1, 0.15) is 38.8 Å². The molecular formula is C13H22N2O3S. The Balaban J connectivity index is 2.09. The summed E-state index contributed by atoms with van der Waals surface area (Å²) in [7, 11) is -3.49. The molecule has 19 heavy (non-hydrogen) atoms. The van der Waals surface area contributed by atoms with Crippen molar-refractivity contribution in [2.45, 2.75) is 50.7 Å². The Kier molecular flexibility index (Phi) is 4.32. The van der Waals surface area contributed by atoms with Crippen LogP contribution in [0.15, 0.2) is 17.2 Å². The molecule has 1 aliphatic rings. The minimum atomic E-state index is -3.49. The zero-order valence-corrected chi connectivity index (χ0v) is 12.2. The van der Waals surface area contributed by atoms with Gasteiger partial charge >= 0.3 is 0 Å². The van der Waals surface area contributed by atoms with Crippen LogP contribution in [0.4, 0.5) is 0 Å². The van der Waals surface area contributed by atoms with Crippen LogP contribution in [-0.4, -0.2) is 24.6 Å². The first-order valence-electron chi connectivity index (χ1n) is 6.78. The normalized spacial score (nSPS) is 27.8. The molecule has 0 amide bonds. The third-order valence-electron chi connectivity index (χ3n) is 4.25. The summed E-state index contributed by atoms with van der Waals surface area (Å²) >= 11 is 0. The Hall–Kier alpha value is -0.850. The molecule has 1 fully saturated rings. The molecule has 1 aromatic heterocycles. The molecule has 0 spiro atoms. The fraction of sp³-hybridized carbons (Fsp3) is 0.692. The van der Waals surface area contributed by atoms with Gasteiger partial charge in [0, 0.05) is 17.9 Å². The number of nitrogens with one attached hydrogen (secondary N) is 2. The lowest BCUT2D eigenvalue weighted by atomic mass is 9.94. The van der Waals surface area contributed by atoms with Crippen molar-refractivity contribution in [2.24, 2.45) is 11.8 Å². The van der Waals surface area contributed by atoms with Gasteiger partial charge in [-0.1, -0.05) is 20.3 Å². The average molecular weight is 286 g/mol. The van der Waals surface area contributed by atoms with Crippen LogP contribution in [0.2, 0.25) is 0 Å². The van der Waals surface area contributed by atoms with E-state index in [1.807, 2.05) is 0 Å². The summed E-state index contributed by atoms with van der Waals surface area (Å²) in [4.78, 5) is 2.95. The molecule has 0 saturated heterocycles. The molecule has 3 N–H and O–H groups in total. The maximum Gasteiger partial charge on any atom is 0.242 e. The van der Waals surface area contributed by atoms with E-state index in [0.717, 1.165) is 19.3 Å². The van der Waals surface area contributed by atoms with Crippen molar-refractivity contribution in [2.75, 3.05) is 0 Å². The van der Waals surface area contributed by atoms with Gasteiger partial charge in [0.15, 0.2) is 0 Å². The summed E-state index contributed by atoms with van der Waals surface area (Å²) in [6.07, 6.45) is 4.50. The molecule has 1 aromatic rings. The van der Waals surface area contributed by atoms with Crippen molar-refractivity contribution in [1.29, 1.82) is 0 Å². The molecule has 0 aliphatic heterocycles. The number of aliphatic hydroxyl groups excluding tert-OH is 1. The Morgan fingerprint density at radius 3 is 2.74 bits per heavy atom. The Bertz CT molecular complexity index is 524. The van der Waals surface area contributed by atoms with Crippen molar-refractivity contribution in [3.63, 3.8) is 0 Å². The van der Waals surface area contributed by atoms with Crippen LogP contribution in [0.5, 0.6) is 0 Å². The van der Waals surface area contributed by atoms with Gasteiger partial charge in [-0.3, -0.25) is 0 Å². The molecule has 3 atom stereocenters. The standard InChI is InChI=1S/C13H22N2O3S/c1-3-10-4-5-13(9(10)2)15-19(17,18)12-6-11(8-16)14-7-12/h6-7,9-10,13-16H,3-5,8H2,1-2H3. The average Bonchev–Trinajstić information content (AvgIpc) is 2.98. The number of H-pyrrole nitrogens is 1. The largest absolute Gasteiger partial charge is 0.390 e. The monoisotopic (exact) mass is 286 g/mol. The summed E-state index contributed by atoms with van der Waals surface area (Å²) in [5.41, 5.74) is 0.506.